The second-order valence-corrected chi connectivity index (χ2v) is 11.1. The molecule has 0 bridgehead atoms. The van der Waals surface area contributed by atoms with Gasteiger partial charge < -0.3 is 20.4 Å². The number of benzene rings is 1. The summed E-state index contributed by atoms with van der Waals surface area (Å²) >= 11 is 1.68. The van der Waals surface area contributed by atoms with Crippen molar-refractivity contribution in [2.24, 2.45) is 5.92 Å². The van der Waals surface area contributed by atoms with Crippen molar-refractivity contribution in [3.05, 3.63) is 46.7 Å². The van der Waals surface area contributed by atoms with Crippen molar-refractivity contribution in [1.82, 2.24) is 15.2 Å². The van der Waals surface area contributed by atoms with Gasteiger partial charge in [-0.3, -0.25) is 4.79 Å². The minimum Gasteiger partial charge on any atom is -0.451 e. The highest BCUT2D eigenvalue weighted by Gasteiger charge is 2.28. The van der Waals surface area contributed by atoms with Crippen LogP contribution in [0.25, 0.3) is 11.0 Å². The topological polar surface area (TPSA) is 84.4 Å². The number of carbonyl (C=O) groups excluding carboxylic acids is 1. The third-order valence-electron chi connectivity index (χ3n) is 7.61. The largest absolute Gasteiger partial charge is 0.451 e. The molecule has 3 N–H and O–H groups in total. The lowest BCUT2D eigenvalue weighted by Crippen LogP contribution is -2.41. The van der Waals surface area contributed by atoms with E-state index >= 15 is 0 Å². The molecule has 3 aromatic rings. The van der Waals surface area contributed by atoms with Crippen molar-refractivity contribution < 1.29 is 9.21 Å². The van der Waals surface area contributed by atoms with Crippen LogP contribution in [0.5, 0.6) is 0 Å². The average molecular weight is 481 g/mol. The third kappa shape index (κ3) is 5.31. The van der Waals surface area contributed by atoms with E-state index < -0.39 is 0 Å². The number of rotatable bonds is 8. The summed E-state index contributed by atoms with van der Waals surface area (Å²) in [6.45, 7) is 4.61. The lowest BCUT2D eigenvalue weighted by atomic mass is 9.83. The second kappa shape index (κ2) is 10.5. The zero-order valence-electron chi connectivity index (χ0n) is 20.1. The zero-order valence-corrected chi connectivity index (χ0v) is 20.9. The number of aromatic nitrogens is 1. The standard InChI is InChI=1S/C27H36N4O2S/c1-2-14-31(21-11-12-22-25(17-21)34-27(28)30-22)15-13-18-7-9-20(10-8-18)29-26(32)24-16-19-5-3-4-6-23(19)33-24/h3-6,16,18,20-21H,2,7-15,17H2,1H3,(H2,28,30)(H,29,32)/t18-,20-,21-/m0/s1. The molecule has 2 aliphatic rings. The van der Waals surface area contributed by atoms with E-state index in [2.05, 4.69) is 22.1 Å². The first kappa shape index (κ1) is 23.4. The Morgan fingerprint density at radius 1 is 1.21 bits per heavy atom. The Hall–Kier alpha value is -2.38. The minimum absolute atomic E-state index is 0.0888. The molecule has 7 heteroatoms. The smallest absolute Gasteiger partial charge is 0.287 e. The molecule has 6 nitrogen and oxygen atoms in total. The van der Waals surface area contributed by atoms with Gasteiger partial charge in [0.25, 0.3) is 5.91 Å². The van der Waals surface area contributed by atoms with Crippen molar-refractivity contribution in [2.75, 3.05) is 18.8 Å². The first-order chi connectivity index (χ1) is 16.6. The van der Waals surface area contributed by atoms with Crippen LogP contribution in [-0.4, -0.2) is 41.0 Å². The van der Waals surface area contributed by atoms with Gasteiger partial charge in [0.1, 0.15) is 5.58 Å². The summed E-state index contributed by atoms with van der Waals surface area (Å²) in [7, 11) is 0. The van der Waals surface area contributed by atoms with Crippen LogP contribution in [0.15, 0.2) is 34.7 Å². The van der Waals surface area contributed by atoms with Gasteiger partial charge in [0, 0.05) is 22.3 Å². The summed E-state index contributed by atoms with van der Waals surface area (Å²) in [4.78, 5) is 21.3. The Morgan fingerprint density at radius 2 is 2.03 bits per heavy atom. The first-order valence-corrected chi connectivity index (χ1v) is 13.7. The molecular weight excluding hydrogens is 444 g/mol. The van der Waals surface area contributed by atoms with E-state index in [1.165, 1.54) is 49.2 Å². The van der Waals surface area contributed by atoms with Crippen LogP contribution in [-0.2, 0) is 12.8 Å². The molecule has 2 aromatic heterocycles. The molecule has 1 atom stereocenters. The van der Waals surface area contributed by atoms with Gasteiger partial charge in [0.15, 0.2) is 10.9 Å². The summed E-state index contributed by atoms with van der Waals surface area (Å²) in [6.07, 6.45) is 10.3. The molecule has 0 spiro atoms. The molecule has 34 heavy (non-hydrogen) atoms. The molecular formula is C27H36N4O2S. The van der Waals surface area contributed by atoms with Crippen molar-refractivity contribution in [1.29, 1.82) is 0 Å². The van der Waals surface area contributed by atoms with Gasteiger partial charge in [-0.25, -0.2) is 4.98 Å². The fraction of sp³-hybridized carbons (Fsp3) is 0.556. The Bertz CT molecular complexity index is 1080. The maximum Gasteiger partial charge on any atom is 0.287 e. The van der Waals surface area contributed by atoms with Crippen LogP contribution in [0, 0.1) is 5.92 Å². The van der Waals surface area contributed by atoms with E-state index in [1.807, 2.05) is 30.3 Å². The number of aryl methyl sites for hydroxylation is 1. The first-order valence-electron chi connectivity index (χ1n) is 12.9. The molecule has 1 amide bonds. The van der Waals surface area contributed by atoms with Crippen molar-refractivity contribution in [3.8, 4) is 0 Å². The summed E-state index contributed by atoms with van der Waals surface area (Å²) in [5, 5.41) is 4.90. The lowest BCUT2D eigenvalue weighted by Gasteiger charge is -2.36. The number of nitrogens with two attached hydrogens (primary N) is 1. The van der Waals surface area contributed by atoms with E-state index in [9.17, 15) is 4.79 Å². The summed E-state index contributed by atoms with van der Waals surface area (Å²) < 4.78 is 5.73. The van der Waals surface area contributed by atoms with E-state index in [-0.39, 0.29) is 11.9 Å². The highest BCUT2D eigenvalue weighted by Crippen LogP contribution is 2.32. The van der Waals surface area contributed by atoms with Gasteiger partial charge in [-0.1, -0.05) is 25.1 Å². The van der Waals surface area contributed by atoms with Crippen molar-refractivity contribution >= 4 is 33.3 Å². The van der Waals surface area contributed by atoms with Crippen LogP contribution in [0.4, 0.5) is 5.13 Å². The molecule has 1 aromatic carbocycles. The Balaban J connectivity index is 1.09. The number of amides is 1. The van der Waals surface area contributed by atoms with Crippen LogP contribution >= 0.6 is 11.3 Å². The fourth-order valence-electron chi connectivity index (χ4n) is 5.75. The highest BCUT2D eigenvalue weighted by atomic mass is 32.1. The number of fused-ring (bicyclic) bond motifs is 2. The number of nitrogens with zero attached hydrogens (tertiary/aromatic N) is 2. The van der Waals surface area contributed by atoms with E-state index in [0.29, 0.717) is 11.8 Å². The van der Waals surface area contributed by atoms with Gasteiger partial charge in [-0.2, -0.15) is 0 Å². The number of nitrogens with one attached hydrogen (secondary N) is 1. The molecule has 0 aliphatic heterocycles. The normalized spacial score (nSPS) is 22.7. The summed E-state index contributed by atoms with van der Waals surface area (Å²) in [6, 6.07) is 10.5. The molecule has 0 unspecified atom stereocenters. The Kier molecular flexibility index (Phi) is 7.21. The Morgan fingerprint density at radius 3 is 2.82 bits per heavy atom. The maximum absolute atomic E-state index is 12.7. The number of furan rings is 1. The quantitative estimate of drug-likeness (QED) is 0.450. The average Bonchev–Trinajstić information content (AvgIpc) is 3.45. The van der Waals surface area contributed by atoms with E-state index in [4.69, 9.17) is 10.2 Å². The summed E-state index contributed by atoms with van der Waals surface area (Å²) in [5.41, 5.74) is 7.95. The Labute approximate surface area is 205 Å². The van der Waals surface area contributed by atoms with Crippen molar-refractivity contribution in [2.45, 2.75) is 76.8 Å². The van der Waals surface area contributed by atoms with Gasteiger partial charge >= 0.3 is 0 Å². The molecule has 1 saturated carbocycles. The van der Waals surface area contributed by atoms with E-state index in [1.54, 1.807) is 11.3 Å². The highest BCUT2D eigenvalue weighted by molar-refractivity contribution is 7.15. The molecule has 2 aliphatic carbocycles. The number of hydrogen-bond acceptors (Lipinski definition) is 6. The minimum atomic E-state index is -0.0888. The number of para-hydroxylation sites is 1. The van der Waals surface area contributed by atoms with Gasteiger partial charge in [-0.05, 0) is 88.9 Å². The number of thiazole rings is 1. The summed E-state index contributed by atoms with van der Waals surface area (Å²) in [5.74, 6) is 1.07. The number of carbonyl (C=O) groups is 1. The van der Waals surface area contributed by atoms with Crippen molar-refractivity contribution in [3.63, 3.8) is 0 Å². The fourth-order valence-corrected chi connectivity index (χ4v) is 6.70. The van der Waals surface area contributed by atoms with Crippen LogP contribution < -0.4 is 11.1 Å². The number of anilines is 1. The van der Waals surface area contributed by atoms with Gasteiger partial charge in [-0.15, -0.1) is 11.3 Å². The molecule has 1 fully saturated rings. The molecule has 0 saturated heterocycles. The van der Waals surface area contributed by atoms with Crippen LogP contribution in [0.1, 0.15) is 73.0 Å². The van der Waals surface area contributed by atoms with E-state index in [0.717, 1.165) is 54.2 Å². The molecule has 2 heterocycles. The second-order valence-electron chi connectivity index (χ2n) is 9.98. The van der Waals surface area contributed by atoms with Crippen LogP contribution in [0.2, 0.25) is 0 Å². The zero-order chi connectivity index (χ0) is 23.5. The monoisotopic (exact) mass is 480 g/mol. The van der Waals surface area contributed by atoms with Crippen LogP contribution in [0.3, 0.4) is 0 Å². The third-order valence-corrected chi connectivity index (χ3v) is 8.56. The lowest BCUT2D eigenvalue weighted by molar-refractivity contribution is 0.0892. The molecule has 182 valence electrons. The maximum atomic E-state index is 12.7. The molecule has 0 radical (unpaired) electrons. The predicted octanol–water partition coefficient (Wildman–Crippen LogP) is 5.42. The SMILES string of the molecule is CCCN(CC[C@H]1CC[C@H](NC(=O)c2cc3ccccc3o2)CC1)[C@H]1CCc2nc(N)sc2C1. The predicted molar refractivity (Wildman–Crippen MR) is 138 cm³/mol. The van der Waals surface area contributed by atoms with Gasteiger partial charge in [0.2, 0.25) is 0 Å². The van der Waals surface area contributed by atoms with Gasteiger partial charge in [0.05, 0.1) is 5.69 Å². The molecule has 5 rings (SSSR count). The number of nitrogen functional groups attached to an aromatic ring is 1. The number of hydrogen-bond donors (Lipinski definition) is 2.